The number of aromatic nitrogens is 3. The molecule has 0 unspecified atom stereocenters. The lowest BCUT2D eigenvalue weighted by molar-refractivity contribution is -0.128. The highest BCUT2D eigenvalue weighted by atomic mass is 32.1. The van der Waals surface area contributed by atoms with E-state index in [1.54, 1.807) is 5.51 Å². The molecule has 0 aliphatic carbocycles. The van der Waals surface area contributed by atoms with E-state index < -0.39 is 0 Å². The molecular weight excluding hydrogens is 424 g/mol. The van der Waals surface area contributed by atoms with E-state index in [-0.39, 0.29) is 24.9 Å². The van der Waals surface area contributed by atoms with E-state index in [1.807, 2.05) is 57.3 Å². The molecule has 0 fully saturated rings. The van der Waals surface area contributed by atoms with Crippen molar-refractivity contribution in [2.45, 2.75) is 19.4 Å². The van der Waals surface area contributed by atoms with Crippen LogP contribution in [-0.2, 0) is 22.6 Å². The summed E-state index contributed by atoms with van der Waals surface area (Å²) in [7, 11) is 0. The van der Waals surface area contributed by atoms with Crippen LogP contribution in [0.15, 0.2) is 59.4 Å². The zero-order valence-electron chi connectivity index (χ0n) is 17.3. The van der Waals surface area contributed by atoms with Crippen molar-refractivity contribution >= 4 is 39.9 Å². The summed E-state index contributed by atoms with van der Waals surface area (Å²) < 4.78 is 1.81. The van der Waals surface area contributed by atoms with Crippen molar-refractivity contribution in [2.24, 2.45) is 0 Å². The number of hydrazine groups is 1. The van der Waals surface area contributed by atoms with Crippen molar-refractivity contribution in [2.75, 3.05) is 18.0 Å². The van der Waals surface area contributed by atoms with Gasteiger partial charge in [-0.1, -0.05) is 30.3 Å². The van der Waals surface area contributed by atoms with Gasteiger partial charge in [0.1, 0.15) is 12.2 Å². The number of carbonyl (C=O) groups excluding carboxylic acids is 2. The summed E-state index contributed by atoms with van der Waals surface area (Å²) in [4.78, 5) is 36.2. The van der Waals surface area contributed by atoms with E-state index in [9.17, 15) is 9.59 Å². The summed E-state index contributed by atoms with van der Waals surface area (Å²) in [5.41, 5.74) is 11.5. The first-order valence-electron chi connectivity index (χ1n) is 10.4. The molecule has 2 amide bonds. The Labute approximate surface area is 188 Å². The second-order valence-corrected chi connectivity index (χ2v) is 8.35. The summed E-state index contributed by atoms with van der Waals surface area (Å²) in [5.74, 6) is 0.0288. The van der Waals surface area contributed by atoms with Crippen LogP contribution in [0.5, 0.6) is 0 Å². The Morgan fingerprint density at radius 3 is 2.62 bits per heavy atom. The van der Waals surface area contributed by atoms with Crippen LogP contribution in [-0.4, -0.2) is 39.4 Å². The summed E-state index contributed by atoms with van der Waals surface area (Å²) in [6.07, 6.45) is 2.02. The van der Waals surface area contributed by atoms with Gasteiger partial charge < -0.3 is 9.47 Å². The highest BCUT2D eigenvalue weighted by molar-refractivity contribution is 7.07. The van der Waals surface area contributed by atoms with Crippen LogP contribution < -0.4 is 15.8 Å². The maximum atomic E-state index is 12.7. The normalized spacial score (nSPS) is 13.1. The number of benzene rings is 2. The number of carbonyl (C=O) groups is 2. The van der Waals surface area contributed by atoms with Crippen molar-refractivity contribution < 1.29 is 9.59 Å². The van der Waals surface area contributed by atoms with Gasteiger partial charge in [0.2, 0.25) is 0 Å². The number of hydrogen-bond donors (Lipinski definition) is 2. The predicted octanol–water partition coefficient (Wildman–Crippen LogP) is 2.76. The number of anilines is 1. The van der Waals surface area contributed by atoms with Crippen LogP contribution in [0.4, 0.5) is 5.69 Å². The predicted molar refractivity (Wildman–Crippen MR) is 124 cm³/mol. The molecule has 8 nitrogen and oxygen atoms in total. The number of fused-ring (bicyclic) bond motifs is 2. The fourth-order valence-electron chi connectivity index (χ4n) is 4.07. The first kappa shape index (κ1) is 20.2. The lowest BCUT2D eigenvalue weighted by Crippen LogP contribution is -2.48. The third kappa shape index (κ3) is 4.06. The first-order valence-corrected chi connectivity index (χ1v) is 11.4. The zero-order chi connectivity index (χ0) is 21.9. The molecule has 2 N–H and O–H groups in total. The second-order valence-electron chi connectivity index (χ2n) is 7.63. The fraction of sp³-hybridized carbons (Fsp3) is 0.217. The van der Waals surface area contributed by atoms with Crippen LogP contribution >= 0.6 is 11.3 Å². The molecule has 5 rings (SSSR count). The van der Waals surface area contributed by atoms with Crippen LogP contribution in [0, 0.1) is 0 Å². The lowest BCUT2D eigenvalue weighted by atomic mass is 10.0. The van der Waals surface area contributed by atoms with Crippen molar-refractivity contribution in [3.63, 3.8) is 0 Å². The number of nitrogens with one attached hydrogen (secondary N) is 2. The third-order valence-electron chi connectivity index (χ3n) is 5.50. The Hall–Kier alpha value is -3.72. The van der Waals surface area contributed by atoms with Crippen molar-refractivity contribution in [1.29, 1.82) is 0 Å². The van der Waals surface area contributed by atoms with Crippen LogP contribution in [0.3, 0.4) is 0 Å². The topological polar surface area (TPSA) is 92.2 Å². The van der Waals surface area contributed by atoms with Crippen LogP contribution in [0.2, 0.25) is 0 Å². The van der Waals surface area contributed by atoms with E-state index in [4.69, 9.17) is 0 Å². The van der Waals surface area contributed by atoms with Gasteiger partial charge in [-0.2, -0.15) is 0 Å². The maximum absolute atomic E-state index is 12.7. The molecule has 3 heterocycles. The number of amides is 2. The third-order valence-corrected chi connectivity index (χ3v) is 6.09. The molecule has 162 valence electrons. The maximum Gasteiger partial charge on any atom is 0.258 e. The Bertz CT molecular complexity index is 1270. The average Bonchev–Trinajstić information content (AvgIpc) is 3.47. The van der Waals surface area contributed by atoms with Crippen LogP contribution in [0.25, 0.3) is 22.6 Å². The summed E-state index contributed by atoms with van der Waals surface area (Å²) >= 11 is 1.47. The standard InChI is InChI=1S/C23H22N6O2S/c30-21(12-28-11-5-7-16-6-1-3-9-19(16)28)26-27-22(31)13-29-20-10-4-2-8-17(20)25-23(29)18-14-32-15-24-18/h1-4,6,8-10,14-15H,5,7,11-13H2,(H,26,30)(H,27,31). The molecule has 4 aromatic rings. The van der Waals surface area contributed by atoms with E-state index in [0.717, 1.165) is 36.1 Å². The second kappa shape index (κ2) is 8.80. The molecule has 32 heavy (non-hydrogen) atoms. The smallest absolute Gasteiger partial charge is 0.258 e. The minimum absolute atomic E-state index is 0.0141. The molecule has 1 aliphatic heterocycles. The van der Waals surface area contributed by atoms with Gasteiger partial charge in [0.15, 0.2) is 5.82 Å². The number of aryl methyl sites for hydroxylation is 1. The number of hydrogen-bond acceptors (Lipinski definition) is 6. The number of imidazole rings is 1. The number of rotatable bonds is 5. The number of thiazole rings is 1. The zero-order valence-corrected chi connectivity index (χ0v) is 18.1. The molecule has 0 saturated heterocycles. The molecule has 2 aromatic carbocycles. The molecule has 2 aromatic heterocycles. The van der Waals surface area contributed by atoms with Gasteiger partial charge in [-0.3, -0.25) is 20.4 Å². The molecular formula is C23H22N6O2S. The molecule has 1 aliphatic rings. The number of nitrogens with zero attached hydrogens (tertiary/aromatic N) is 4. The van der Waals surface area contributed by atoms with Gasteiger partial charge in [0.05, 0.1) is 23.1 Å². The minimum atomic E-state index is -0.336. The van der Waals surface area contributed by atoms with Crippen molar-refractivity contribution in [3.8, 4) is 11.5 Å². The van der Waals surface area contributed by atoms with Gasteiger partial charge in [0, 0.05) is 17.6 Å². The van der Waals surface area contributed by atoms with Crippen LogP contribution in [0.1, 0.15) is 12.0 Å². The largest absolute Gasteiger partial charge is 0.362 e. The van der Waals surface area contributed by atoms with Gasteiger partial charge in [-0.05, 0) is 36.6 Å². The highest BCUT2D eigenvalue weighted by Gasteiger charge is 2.20. The van der Waals surface area contributed by atoms with Gasteiger partial charge in [0.25, 0.3) is 11.8 Å². The molecule has 0 saturated carbocycles. The van der Waals surface area contributed by atoms with Crippen molar-refractivity contribution in [3.05, 3.63) is 65.0 Å². The van der Waals surface area contributed by atoms with Gasteiger partial charge in [-0.25, -0.2) is 9.97 Å². The molecule has 0 bridgehead atoms. The van der Waals surface area contributed by atoms with Gasteiger partial charge >= 0.3 is 0 Å². The summed E-state index contributed by atoms with van der Waals surface area (Å²) in [6.45, 7) is 1.02. The Morgan fingerprint density at radius 1 is 1.00 bits per heavy atom. The SMILES string of the molecule is O=C(CN1CCCc2ccccc21)NNC(=O)Cn1c(-c2cscn2)nc2ccccc21. The minimum Gasteiger partial charge on any atom is -0.362 e. The van der Waals surface area contributed by atoms with E-state index in [1.165, 1.54) is 16.9 Å². The summed E-state index contributed by atoms with van der Waals surface area (Å²) in [5, 5.41) is 1.90. The number of para-hydroxylation sites is 3. The van der Waals surface area contributed by atoms with Gasteiger partial charge in [-0.15, -0.1) is 11.3 Å². The Kier molecular flexibility index (Phi) is 5.55. The molecule has 0 spiro atoms. The molecule has 0 radical (unpaired) electrons. The Balaban J connectivity index is 1.25. The average molecular weight is 447 g/mol. The molecule has 9 heteroatoms. The fourth-order valence-corrected chi connectivity index (χ4v) is 4.60. The summed E-state index contributed by atoms with van der Waals surface area (Å²) in [6, 6.07) is 15.7. The van der Waals surface area contributed by atoms with E-state index in [0.29, 0.717) is 11.5 Å². The molecule has 0 atom stereocenters. The highest BCUT2D eigenvalue weighted by Crippen LogP contribution is 2.26. The van der Waals surface area contributed by atoms with E-state index in [2.05, 4.69) is 26.9 Å². The first-order chi connectivity index (χ1) is 15.7. The van der Waals surface area contributed by atoms with E-state index >= 15 is 0 Å². The van der Waals surface area contributed by atoms with Crippen molar-refractivity contribution in [1.82, 2.24) is 25.4 Å². The monoisotopic (exact) mass is 446 g/mol. The quantitative estimate of drug-likeness (QED) is 0.460. The Morgan fingerprint density at radius 2 is 1.78 bits per heavy atom. The lowest BCUT2D eigenvalue weighted by Gasteiger charge is -2.30.